The fourth-order valence-electron chi connectivity index (χ4n) is 4.02. The highest BCUT2D eigenvalue weighted by atomic mass is 16.2. The Balaban J connectivity index is 1.31. The van der Waals surface area contributed by atoms with Gasteiger partial charge in [0.05, 0.1) is 0 Å². The van der Waals surface area contributed by atoms with E-state index >= 15 is 0 Å². The molecule has 2 N–H and O–H groups in total. The van der Waals surface area contributed by atoms with E-state index in [0.29, 0.717) is 17.4 Å². The molecule has 0 spiro atoms. The van der Waals surface area contributed by atoms with Crippen molar-refractivity contribution in [2.24, 2.45) is 11.7 Å². The van der Waals surface area contributed by atoms with Gasteiger partial charge in [0, 0.05) is 43.7 Å². The predicted molar refractivity (Wildman–Crippen MR) is 91.6 cm³/mol. The number of primary amides is 1. The fourth-order valence-corrected chi connectivity index (χ4v) is 4.02. The van der Waals surface area contributed by atoms with Crippen LogP contribution in [0.5, 0.6) is 0 Å². The van der Waals surface area contributed by atoms with Crippen LogP contribution in [0.3, 0.4) is 0 Å². The van der Waals surface area contributed by atoms with Gasteiger partial charge in [0.25, 0.3) is 0 Å². The first-order valence-electron chi connectivity index (χ1n) is 9.06. The minimum Gasteiger partial charge on any atom is -0.366 e. The van der Waals surface area contributed by atoms with Gasteiger partial charge in [-0.1, -0.05) is 18.6 Å². The number of piperazine rings is 1. The second kappa shape index (κ2) is 6.20. The first kappa shape index (κ1) is 15.6. The van der Waals surface area contributed by atoms with Crippen molar-refractivity contribution >= 4 is 11.8 Å². The Kier molecular flexibility index (Phi) is 4.04. The van der Waals surface area contributed by atoms with Crippen molar-refractivity contribution in [3.63, 3.8) is 0 Å². The molecule has 1 aromatic rings. The van der Waals surface area contributed by atoms with E-state index in [1.807, 2.05) is 12.1 Å². The van der Waals surface area contributed by atoms with Crippen LogP contribution in [0.2, 0.25) is 0 Å². The molecule has 128 valence electrons. The summed E-state index contributed by atoms with van der Waals surface area (Å²) in [6, 6.07) is 8.17. The second-order valence-corrected chi connectivity index (χ2v) is 7.38. The van der Waals surface area contributed by atoms with Crippen molar-refractivity contribution in [1.29, 1.82) is 0 Å². The maximum Gasteiger partial charge on any atom is 0.248 e. The number of carbonyl (C=O) groups excluding carboxylic acids is 2. The third kappa shape index (κ3) is 2.93. The minimum atomic E-state index is -0.408. The van der Waals surface area contributed by atoms with E-state index < -0.39 is 5.91 Å². The van der Waals surface area contributed by atoms with Gasteiger partial charge in [-0.2, -0.15) is 0 Å². The van der Waals surface area contributed by atoms with Gasteiger partial charge >= 0.3 is 0 Å². The van der Waals surface area contributed by atoms with Gasteiger partial charge in [-0.3, -0.25) is 14.5 Å². The van der Waals surface area contributed by atoms with E-state index in [1.54, 1.807) is 12.1 Å². The van der Waals surface area contributed by atoms with Crippen LogP contribution in [0.1, 0.15) is 47.5 Å². The molecule has 1 aliphatic heterocycles. The molecule has 1 unspecified atom stereocenters. The SMILES string of the molecule is NC(=O)c1ccc(C2C[C@H]2C(=O)N2CCN(C3CCC3)CC2)cc1. The molecule has 5 nitrogen and oxygen atoms in total. The molecule has 1 aromatic carbocycles. The Bertz CT molecular complexity index is 631. The molecule has 1 saturated heterocycles. The van der Waals surface area contributed by atoms with Gasteiger partial charge < -0.3 is 10.6 Å². The van der Waals surface area contributed by atoms with E-state index in [0.717, 1.165) is 44.2 Å². The minimum absolute atomic E-state index is 0.125. The summed E-state index contributed by atoms with van der Waals surface area (Å²) in [6.45, 7) is 3.81. The number of benzene rings is 1. The van der Waals surface area contributed by atoms with Crippen molar-refractivity contribution in [2.45, 2.75) is 37.6 Å². The third-order valence-corrected chi connectivity index (χ3v) is 5.95. The van der Waals surface area contributed by atoms with E-state index in [-0.39, 0.29) is 5.92 Å². The first-order valence-corrected chi connectivity index (χ1v) is 9.06. The summed E-state index contributed by atoms with van der Waals surface area (Å²) >= 11 is 0. The van der Waals surface area contributed by atoms with E-state index in [2.05, 4.69) is 9.80 Å². The summed E-state index contributed by atoms with van der Waals surface area (Å²) in [4.78, 5) is 28.5. The normalized spacial score (nSPS) is 27.6. The number of carbonyl (C=O) groups is 2. The summed E-state index contributed by atoms with van der Waals surface area (Å²) < 4.78 is 0. The van der Waals surface area contributed by atoms with E-state index in [9.17, 15) is 9.59 Å². The number of nitrogens with zero attached hydrogens (tertiary/aromatic N) is 2. The lowest BCUT2D eigenvalue weighted by Gasteiger charge is -2.43. The monoisotopic (exact) mass is 327 g/mol. The zero-order valence-electron chi connectivity index (χ0n) is 14.0. The zero-order valence-corrected chi connectivity index (χ0v) is 14.0. The molecule has 2 aliphatic carbocycles. The molecule has 2 atom stereocenters. The molecule has 4 rings (SSSR count). The van der Waals surface area contributed by atoms with Crippen molar-refractivity contribution in [1.82, 2.24) is 9.80 Å². The van der Waals surface area contributed by atoms with Crippen molar-refractivity contribution in [3.05, 3.63) is 35.4 Å². The lowest BCUT2D eigenvalue weighted by Crippen LogP contribution is -2.53. The van der Waals surface area contributed by atoms with Crippen molar-refractivity contribution in [3.8, 4) is 0 Å². The highest BCUT2D eigenvalue weighted by Crippen LogP contribution is 2.48. The lowest BCUT2D eigenvalue weighted by atomic mass is 9.91. The van der Waals surface area contributed by atoms with Gasteiger partial charge in [0.15, 0.2) is 0 Å². The van der Waals surface area contributed by atoms with Gasteiger partial charge in [-0.15, -0.1) is 0 Å². The standard InChI is InChI=1S/C19H25N3O2/c20-18(23)14-6-4-13(5-7-14)16-12-17(16)19(24)22-10-8-21(9-11-22)15-2-1-3-15/h4-7,15-17H,1-3,8-12H2,(H2,20,23)/t16?,17-/m1/s1. The molecule has 2 amide bonds. The Morgan fingerprint density at radius 3 is 2.21 bits per heavy atom. The number of rotatable bonds is 4. The van der Waals surface area contributed by atoms with Crippen LogP contribution in [0, 0.1) is 5.92 Å². The molecule has 0 bridgehead atoms. The van der Waals surface area contributed by atoms with Crippen LogP contribution < -0.4 is 5.73 Å². The summed E-state index contributed by atoms with van der Waals surface area (Å²) in [5.74, 6) is 0.338. The Morgan fingerprint density at radius 2 is 1.67 bits per heavy atom. The Labute approximate surface area is 142 Å². The van der Waals surface area contributed by atoms with Crippen LogP contribution in [0.25, 0.3) is 0 Å². The van der Waals surface area contributed by atoms with Gasteiger partial charge in [0.2, 0.25) is 11.8 Å². The summed E-state index contributed by atoms with van der Waals surface area (Å²) in [5, 5.41) is 0. The summed E-state index contributed by atoms with van der Waals surface area (Å²) in [5.41, 5.74) is 6.94. The smallest absolute Gasteiger partial charge is 0.248 e. The van der Waals surface area contributed by atoms with Crippen LogP contribution in [0.15, 0.2) is 24.3 Å². The average Bonchev–Trinajstić information content (AvgIpc) is 3.34. The number of hydrogen-bond donors (Lipinski definition) is 1. The van der Waals surface area contributed by atoms with Crippen molar-refractivity contribution in [2.75, 3.05) is 26.2 Å². The highest BCUT2D eigenvalue weighted by Gasteiger charge is 2.46. The summed E-state index contributed by atoms with van der Waals surface area (Å²) in [6.07, 6.45) is 4.96. The maximum atomic E-state index is 12.7. The molecule has 24 heavy (non-hydrogen) atoms. The quantitative estimate of drug-likeness (QED) is 0.913. The molecular weight excluding hydrogens is 302 g/mol. The molecule has 3 fully saturated rings. The number of nitrogens with two attached hydrogens (primary N) is 1. The van der Waals surface area contributed by atoms with Gasteiger partial charge in [-0.05, 0) is 42.9 Å². The van der Waals surface area contributed by atoms with Crippen LogP contribution >= 0.6 is 0 Å². The van der Waals surface area contributed by atoms with Crippen LogP contribution in [-0.2, 0) is 4.79 Å². The van der Waals surface area contributed by atoms with Gasteiger partial charge in [-0.25, -0.2) is 0 Å². The molecule has 0 aromatic heterocycles. The zero-order chi connectivity index (χ0) is 16.7. The Morgan fingerprint density at radius 1 is 1.00 bits per heavy atom. The Hall–Kier alpha value is -1.88. The maximum absolute atomic E-state index is 12.7. The molecule has 0 radical (unpaired) electrons. The second-order valence-electron chi connectivity index (χ2n) is 7.38. The van der Waals surface area contributed by atoms with E-state index in [1.165, 1.54) is 19.3 Å². The van der Waals surface area contributed by atoms with Crippen LogP contribution in [-0.4, -0.2) is 53.8 Å². The van der Waals surface area contributed by atoms with Crippen LogP contribution in [0.4, 0.5) is 0 Å². The number of hydrogen-bond acceptors (Lipinski definition) is 3. The van der Waals surface area contributed by atoms with Gasteiger partial charge in [0.1, 0.15) is 0 Å². The molecule has 3 aliphatic rings. The first-order chi connectivity index (χ1) is 11.6. The topological polar surface area (TPSA) is 66.6 Å². The fraction of sp³-hybridized carbons (Fsp3) is 0.579. The largest absolute Gasteiger partial charge is 0.366 e. The average molecular weight is 327 g/mol. The molecular formula is C19H25N3O2. The molecule has 1 heterocycles. The summed E-state index contributed by atoms with van der Waals surface area (Å²) in [7, 11) is 0. The van der Waals surface area contributed by atoms with Crippen molar-refractivity contribution < 1.29 is 9.59 Å². The molecule has 5 heteroatoms. The third-order valence-electron chi connectivity index (χ3n) is 5.95. The lowest BCUT2D eigenvalue weighted by molar-refractivity contribution is -0.135. The molecule has 2 saturated carbocycles. The predicted octanol–water partition coefficient (Wildman–Crippen LogP) is 1.59. The number of amides is 2. The highest BCUT2D eigenvalue weighted by molar-refractivity contribution is 5.92. The van der Waals surface area contributed by atoms with E-state index in [4.69, 9.17) is 5.73 Å².